The summed E-state index contributed by atoms with van der Waals surface area (Å²) in [6, 6.07) is 11.0. The van der Waals surface area contributed by atoms with Crippen LogP contribution in [0.25, 0.3) is 0 Å². The number of carbonyl (C=O) groups excluding carboxylic acids is 1. The van der Waals surface area contributed by atoms with Gasteiger partial charge in [-0.25, -0.2) is 10.6 Å². The molecule has 0 aliphatic carbocycles. The second kappa shape index (κ2) is 8.90. The van der Waals surface area contributed by atoms with Gasteiger partial charge in [0.05, 0.1) is 17.4 Å². The van der Waals surface area contributed by atoms with Crippen molar-refractivity contribution in [2.75, 3.05) is 18.0 Å². The first-order chi connectivity index (χ1) is 13.6. The van der Waals surface area contributed by atoms with Gasteiger partial charge in [0.1, 0.15) is 0 Å². The maximum absolute atomic E-state index is 12.0. The van der Waals surface area contributed by atoms with Crippen molar-refractivity contribution in [3.63, 3.8) is 0 Å². The molecular formula is C20H24Cl2N4O2. The van der Waals surface area contributed by atoms with Crippen LogP contribution >= 0.6 is 23.2 Å². The average Bonchev–Trinajstić information content (AvgIpc) is 2.72. The molecule has 2 aliphatic heterocycles. The predicted molar refractivity (Wildman–Crippen MR) is 114 cm³/mol. The number of likely N-dealkylation sites (tertiary alicyclic amines) is 1. The summed E-state index contributed by atoms with van der Waals surface area (Å²) in [7, 11) is 0. The van der Waals surface area contributed by atoms with Gasteiger partial charge < -0.3 is 14.5 Å². The first-order valence-corrected chi connectivity index (χ1v) is 10.1. The summed E-state index contributed by atoms with van der Waals surface area (Å²) in [5, 5.41) is 1.20. The van der Waals surface area contributed by atoms with Crippen LogP contribution in [0, 0.1) is 0 Å². The lowest BCUT2D eigenvalue weighted by Gasteiger charge is -2.43. The van der Waals surface area contributed by atoms with Crippen LogP contribution in [-0.2, 0) is 0 Å². The Balaban J connectivity index is 0.00000109. The lowest BCUT2D eigenvalue weighted by molar-refractivity contribution is 0.180. The zero-order valence-electron chi connectivity index (χ0n) is 15.9. The number of nitrogens with two attached hydrogens (primary N) is 1. The van der Waals surface area contributed by atoms with Crippen LogP contribution in [0.4, 0.5) is 16.2 Å². The molecule has 8 heteroatoms. The fourth-order valence-corrected chi connectivity index (χ4v) is 3.94. The van der Waals surface area contributed by atoms with Crippen molar-refractivity contribution in [2.24, 2.45) is 5.84 Å². The summed E-state index contributed by atoms with van der Waals surface area (Å²) in [4.78, 5) is 15.9. The van der Waals surface area contributed by atoms with E-state index >= 15 is 0 Å². The number of amides is 2. The number of benzene rings is 2. The van der Waals surface area contributed by atoms with E-state index in [9.17, 15) is 4.79 Å². The predicted octanol–water partition coefficient (Wildman–Crippen LogP) is 5.31. The highest BCUT2D eigenvalue weighted by Gasteiger charge is 2.34. The van der Waals surface area contributed by atoms with Crippen LogP contribution in [0.5, 0.6) is 11.5 Å². The van der Waals surface area contributed by atoms with Gasteiger partial charge in [-0.3, -0.25) is 5.43 Å². The third kappa shape index (κ3) is 3.99. The van der Waals surface area contributed by atoms with Crippen molar-refractivity contribution >= 4 is 40.6 Å². The Morgan fingerprint density at radius 2 is 1.68 bits per heavy atom. The Morgan fingerprint density at radius 1 is 1.11 bits per heavy atom. The molecule has 2 aromatic carbocycles. The van der Waals surface area contributed by atoms with Crippen LogP contribution in [0.2, 0.25) is 10.0 Å². The van der Waals surface area contributed by atoms with E-state index in [0.29, 0.717) is 34.6 Å². The molecule has 0 saturated carbocycles. The normalized spacial score (nSPS) is 17.5. The van der Waals surface area contributed by atoms with Crippen LogP contribution in [0.1, 0.15) is 26.7 Å². The molecule has 2 aromatic rings. The number of rotatable bonds is 1. The fraction of sp³-hybridized carbons (Fsp3) is 0.350. The number of ether oxygens (including phenoxy) is 1. The number of halogens is 2. The number of hydrazine groups is 1. The molecule has 6 nitrogen and oxygen atoms in total. The van der Waals surface area contributed by atoms with E-state index in [1.807, 2.05) is 38.1 Å². The molecule has 150 valence electrons. The molecule has 1 saturated heterocycles. The SMILES string of the molecule is CC.NNC(=O)N1CCC[C@@H](N2c3ccc(Cl)cc3Oc3cc(Cl)ccc32)C1. The average molecular weight is 423 g/mol. The van der Waals surface area contributed by atoms with Crippen LogP contribution in [0.15, 0.2) is 36.4 Å². The quantitative estimate of drug-likeness (QED) is 0.371. The Morgan fingerprint density at radius 3 is 2.21 bits per heavy atom. The van der Waals surface area contributed by atoms with Crippen molar-refractivity contribution in [2.45, 2.75) is 32.7 Å². The summed E-state index contributed by atoms with van der Waals surface area (Å²) < 4.78 is 6.03. The zero-order chi connectivity index (χ0) is 20.3. The molecule has 0 bridgehead atoms. The van der Waals surface area contributed by atoms with Gasteiger partial charge in [0.2, 0.25) is 0 Å². The number of carbonyl (C=O) groups is 1. The number of fused-ring (bicyclic) bond motifs is 2. The number of nitrogens with zero attached hydrogens (tertiary/aromatic N) is 2. The Kier molecular flexibility index (Phi) is 6.54. The molecule has 0 aromatic heterocycles. The minimum Gasteiger partial charge on any atom is -0.453 e. The van der Waals surface area contributed by atoms with Crippen molar-refractivity contribution in [3.05, 3.63) is 46.4 Å². The van der Waals surface area contributed by atoms with E-state index in [0.717, 1.165) is 24.2 Å². The molecule has 2 aliphatic rings. The fourth-order valence-electron chi connectivity index (χ4n) is 3.62. The van der Waals surface area contributed by atoms with Gasteiger partial charge in [0, 0.05) is 35.3 Å². The number of anilines is 2. The van der Waals surface area contributed by atoms with E-state index in [1.165, 1.54) is 0 Å². The van der Waals surface area contributed by atoms with Crippen LogP contribution in [-0.4, -0.2) is 30.1 Å². The minimum atomic E-state index is -0.268. The van der Waals surface area contributed by atoms with Gasteiger partial charge in [0.15, 0.2) is 11.5 Å². The molecular weight excluding hydrogens is 399 g/mol. The molecule has 0 unspecified atom stereocenters. The zero-order valence-corrected chi connectivity index (χ0v) is 17.4. The summed E-state index contributed by atoms with van der Waals surface area (Å²) in [5.41, 5.74) is 4.06. The van der Waals surface area contributed by atoms with Crippen LogP contribution < -0.4 is 20.9 Å². The Bertz CT molecular complexity index is 811. The number of piperidine rings is 1. The van der Waals surface area contributed by atoms with E-state index in [4.69, 9.17) is 33.8 Å². The summed E-state index contributed by atoms with van der Waals surface area (Å²) >= 11 is 12.3. The topological polar surface area (TPSA) is 70.8 Å². The number of nitrogens with one attached hydrogen (secondary N) is 1. The Labute approximate surface area is 175 Å². The number of hydrogen-bond donors (Lipinski definition) is 2. The van der Waals surface area contributed by atoms with Gasteiger partial charge in [0.25, 0.3) is 0 Å². The third-order valence-corrected chi connectivity index (χ3v) is 5.23. The molecule has 1 fully saturated rings. The third-order valence-electron chi connectivity index (χ3n) is 4.76. The first-order valence-electron chi connectivity index (χ1n) is 9.38. The van der Waals surface area contributed by atoms with Gasteiger partial charge in [-0.1, -0.05) is 37.0 Å². The van der Waals surface area contributed by atoms with Crippen molar-refractivity contribution < 1.29 is 9.53 Å². The van der Waals surface area contributed by atoms with Crippen LogP contribution in [0.3, 0.4) is 0 Å². The second-order valence-electron chi connectivity index (χ2n) is 6.39. The molecule has 0 spiro atoms. The molecule has 3 N–H and O–H groups in total. The summed E-state index contributed by atoms with van der Waals surface area (Å²) in [6.07, 6.45) is 1.83. The maximum Gasteiger partial charge on any atom is 0.331 e. The van der Waals surface area contributed by atoms with Gasteiger partial charge in [-0.15, -0.1) is 0 Å². The van der Waals surface area contributed by atoms with Gasteiger partial charge in [-0.2, -0.15) is 0 Å². The second-order valence-corrected chi connectivity index (χ2v) is 7.26. The highest BCUT2D eigenvalue weighted by Crippen LogP contribution is 2.49. The highest BCUT2D eigenvalue weighted by molar-refractivity contribution is 6.31. The molecule has 2 heterocycles. The largest absolute Gasteiger partial charge is 0.453 e. The van der Waals surface area contributed by atoms with Crippen molar-refractivity contribution in [1.29, 1.82) is 0 Å². The molecule has 4 rings (SSSR count). The standard InChI is InChI=1S/C18H18Cl2N4O2.C2H6/c19-11-3-5-14-16(8-11)26-17-9-12(20)4-6-15(17)24(14)13-2-1-7-23(10-13)18(25)22-21;1-2/h3-6,8-9,13H,1-2,7,10,21H2,(H,22,25);1-2H3/t13-;/m1./s1. The monoisotopic (exact) mass is 422 g/mol. The van der Waals surface area contributed by atoms with E-state index < -0.39 is 0 Å². The molecule has 1 atom stereocenters. The smallest absolute Gasteiger partial charge is 0.331 e. The van der Waals surface area contributed by atoms with Crippen molar-refractivity contribution in [1.82, 2.24) is 10.3 Å². The van der Waals surface area contributed by atoms with E-state index in [-0.39, 0.29) is 12.1 Å². The lowest BCUT2D eigenvalue weighted by atomic mass is 10.0. The summed E-state index contributed by atoms with van der Waals surface area (Å²) in [6.45, 7) is 5.25. The summed E-state index contributed by atoms with van der Waals surface area (Å²) in [5.74, 6) is 6.66. The Hall–Kier alpha value is -2.15. The molecule has 28 heavy (non-hydrogen) atoms. The first kappa shape index (κ1) is 20.6. The molecule has 0 radical (unpaired) electrons. The van der Waals surface area contributed by atoms with Crippen molar-refractivity contribution in [3.8, 4) is 11.5 Å². The highest BCUT2D eigenvalue weighted by atomic mass is 35.5. The van der Waals surface area contributed by atoms with E-state index in [2.05, 4.69) is 10.3 Å². The number of hydrogen-bond acceptors (Lipinski definition) is 4. The minimum absolute atomic E-state index is 0.0878. The van der Waals surface area contributed by atoms with E-state index in [1.54, 1.807) is 17.0 Å². The maximum atomic E-state index is 12.0. The lowest BCUT2D eigenvalue weighted by Crippen LogP contribution is -2.53. The number of urea groups is 1. The van der Waals surface area contributed by atoms with Gasteiger partial charge in [-0.05, 0) is 37.1 Å². The van der Waals surface area contributed by atoms with Gasteiger partial charge >= 0.3 is 6.03 Å². The molecule has 2 amide bonds.